The van der Waals surface area contributed by atoms with Gasteiger partial charge in [-0.1, -0.05) is 6.92 Å². The number of nitrogens with one attached hydrogen (secondary N) is 2. The van der Waals surface area contributed by atoms with Gasteiger partial charge in [-0.15, -0.1) is 23.2 Å². The largest absolute Gasteiger partial charge is 0.344 e. The van der Waals surface area contributed by atoms with E-state index in [0.717, 1.165) is 0 Å². The number of carbonyl (C=O) groups is 1. The van der Waals surface area contributed by atoms with Gasteiger partial charge in [-0.3, -0.25) is 9.59 Å². The van der Waals surface area contributed by atoms with Crippen LogP contribution in [-0.2, 0) is 0 Å². The lowest BCUT2D eigenvalue weighted by Gasteiger charge is -2.29. The molecule has 17 heavy (non-hydrogen) atoms. The van der Waals surface area contributed by atoms with Crippen LogP contribution in [0.3, 0.4) is 0 Å². The predicted molar refractivity (Wildman–Crippen MR) is 69.0 cm³/mol. The molecule has 1 aromatic rings. The maximum absolute atomic E-state index is 11.9. The molecular weight excluding hydrogens is 263 g/mol. The summed E-state index contributed by atoms with van der Waals surface area (Å²) in [5.74, 6) is 0.175. The van der Waals surface area contributed by atoms with E-state index in [1.165, 1.54) is 18.3 Å². The van der Waals surface area contributed by atoms with Crippen LogP contribution in [0.2, 0.25) is 0 Å². The monoisotopic (exact) mass is 276 g/mol. The minimum Gasteiger partial charge on any atom is -0.344 e. The van der Waals surface area contributed by atoms with Gasteiger partial charge in [0.1, 0.15) is 0 Å². The highest BCUT2D eigenvalue weighted by Gasteiger charge is 2.28. The molecule has 0 bridgehead atoms. The van der Waals surface area contributed by atoms with Crippen molar-refractivity contribution >= 4 is 29.1 Å². The summed E-state index contributed by atoms with van der Waals surface area (Å²) in [4.78, 5) is 25.2. The molecule has 0 aliphatic heterocycles. The molecule has 94 valence electrons. The predicted octanol–water partition coefficient (Wildman–Crippen LogP) is 1.73. The smallest absolute Gasteiger partial charge is 0.253 e. The van der Waals surface area contributed by atoms with E-state index in [4.69, 9.17) is 23.2 Å². The zero-order valence-electron chi connectivity index (χ0n) is 9.43. The fourth-order valence-corrected chi connectivity index (χ4v) is 2.04. The molecule has 0 atom stereocenters. The highest BCUT2D eigenvalue weighted by molar-refractivity contribution is 6.22. The van der Waals surface area contributed by atoms with Gasteiger partial charge in [-0.2, -0.15) is 0 Å². The zero-order chi connectivity index (χ0) is 12.9. The number of aromatic amines is 1. The Hall–Kier alpha value is -1.00. The van der Waals surface area contributed by atoms with Crippen molar-refractivity contribution in [2.75, 3.05) is 11.8 Å². The number of halogens is 2. The van der Waals surface area contributed by atoms with Crippen molar-refractivity contribution in [2.45, 2.75) is 18.9 Å². The van der Waals surface area contributed by atoms with E-state index in [1.807, 2.05) is 6.92 Å². The second kappa shape index (κ2) is 6.07. The van der Waals surface area contributed by atoms with Gasteiger partial charge in [0.05, 0.1) is 11.1 Å². The first-order valence-corrected chi connectivity index (χ1v) is 6.27. The number of amides is 1. The summed E-state index contributed by atoms with van der Waals surface area (Å²) in [6.07, 6.45) is 2.00. The Morgan fingerprint density at radius 2 is 2.06 bits per heavy atom. The minimum atomic E-state index is -0.615. The van der Waals surface area contributed by atoms with Crippen molar-refractivity contribution < 1.29 is 4.79 Å². The second-order valence-electron chi connectivity index (χ2n) is 3.80. The van der Waals surface area contributed by atoms with E-state index in [2.05, 4.69) is 10.3 Å². The van der Waals surface area contributed by atoms with E-state index >= 15 is 0 Å². The number of carbonyl (C=O) groups excluding carboxylic acids is 1. The fourth-order valence-electron chi connectivity index (χ4n) is 1.24. The third-order valence-electron chi connectivity index (χ3n) is 2.61. The molecule has 0 spiro atoms. The second-order valence-corrected chi connectivity index (χ2v) is 4.33. The number of hydrogen-bond donors (Lipinski definition) is 2. The third kappa shape index (κ3) is 3.48. The van der Waals surface area contributed by atoms with Crippen molar-refractivity contribution in [2.24, 2.45) is 0 Å². The average molecular weight is 277 g/mol. The van der Waals surface area contributed by atoms with Gasteiger partial charge in [-0.05, 0) is 12.5 Å². The van der Waals surface area contributed by atoms with Crippen LogP contribution in [-0.4, -0.2) is 28.2 Å². The van der Waals surface area contributed by atoms with E-state index in [0.29, 0.717) is 12.0 Å². The topological polar surface area (TPSA) is 62.0 Å². The zero-order valence-corrected chi connectivity index (χ0v) is 10.9. The standard InChI is InChI=1S/C11H14Cl2N2O2/c1-2-11(6-12,7-13)15-10(17)8-3-4-9(16)14-5-8/h3-5H,2,6-7H2,1H3,(H,14,16)(H,15,17). The Morgan fingerprint density at radius 3 is 2.47 bits per heavy atom. The molecule has 1 rings (SSSR count). The van der Waals surface area contributed by atoms with Crippen molar-refractivity contribution in [3.63, 3.8) is 0 Å². The Labute approximate surface area is 109 Å². The number of hydrogen-bond acceptors (Lipinski definition) is 2. The van der Waals surface area contributed by atoms with Gasteiger partial charge in [0.2, 0.25) is 5.56 Å². The van der Waals surface area contributed by atoms with Crippen LogP contribution in [0.5, 0.6) is 0 Å². The van der Waals surface area contributed by atoms with Gasteiger partial charge >= 0.3 is 0 Å². The van der Waals surface area contributed by atoms with E-state index in [9.17, 15) is 9.59 Å². The Balaban J connectivity index is 2.84. The molecule has 0 saturated heterocycles. The molecule has 4 nitrogen and oxygen atoms in total. The molecule has 0 fully saturated rings. The molecule has 0 saturated carbocycles. The van der Waals surface area contributed by atoms with Crippen LogP contribution in [0, 0.1) is 0 Å². The molecule has 0 radical (unpaired) electrons. The highest BCUT2D eigenvalue weighted by Crippen LogP contribution is 2.15. The van der Waals surface area contributed by atoms with Crippen LogP contribution in [0.15, 0.2) is 23.1 Å². The summed E-state index contributed by atoms with van der Waals surface area (Å²) >= 11 is 11.6. The maximum Gasteiger partial charge on any atom is 0.253 e. The maximum atomic E-state index is 11.9. The molecule has 2 N–H and O–H groups in total. The first kappa shape index (κ1) is 14.1. The fraction of sp³-hybridized carbons (Fsp3) is 0.455. The van der Waals surface area contributed by atoms with E-state index in [1.54, 1.807) is 0 Å². The van der Waals surface area contributed by atoms with Crippen LogP contribution >= 0.6 is 23.2 Å². The lowest BCUT2D eigenvalue weighted by Crippen LogP contribution is -2.51. The molecule has 1 heterocycles. The van der Waals surface area contributed by atoms with Crippen LogP contribution in [0.1, 0.15) is 23.7 Å². The van der Waals surface area contributed by atoms with Crippen molar-refractivity contribution in [1.29, 1.82) is 0 Å². The number of rotatable bonds is 5. The van der Waals surface area contributed by atoms with Gasteiger partial charge < -0.3 is 10.3 Å². The summed E-state index contributed by atoms with van der Waals surface area (Å²) in [6.45, 7) is 1.90. The Kier molecular flexibility index (Phi) is 5.02. The molecule has 1 amide bonds. The Morgan fingerprint density at radius 1 is 1.41 bits per heavy atom. The Bertz CT molecular complexity index is 413. The molecule has 0 aliphatic rings. The number of alkyl halides is 2. The first-order valence-electron chi connectivity index (χ1n) is 5.20. The van der Waals surface area contributed by atoms with Gasteiger partial charge in [0, 0.05) is 24.0 Å². The molecular formula is C11H14Cl2N2O2. The van der Waals surface area contributed by atoms with Crippen molar-refractivity contribution in [3.8, 4) is 0 Å². The molecule has 0 unspecified atom stereocenters. The summed E-state index contributed by atoms with van der Waals surface area (Å²) in [6, 6.07) is 2.75. The lowest BCUT2D eigenvalue weighted by atomic mass is 10.0. The molecule has 1 aromatic heterocycles. The van der Waals surface area contributed by atoms with Gasteiger partial charge in [0.15, 0.2) is 0 Å². The van der Waals surface area contributed by atoms with Crippen molar-refractivity contribution in [3.05, 3.63) is 34.2 Å². The average Bonchev–Trinajstić information content (AvgIpc) is 2.37. The third-order valence-corrected chi connectivity index (χ3v) is 3.64. The van der Waals surface area contributed by atoms with Gasteiger partial charge in [0.25, 0.3) is 5.91 Å². The summed E-state index contributed by atoms with van der Waals surface area (Å²) < 4.78 is 0. The first-order chi connectivity index (χ1) is 8.06. The van der Waals surface area contributed by atoms with Gasteiger partial charge in [-0.25, -0.2) is 0 Å². The van der Waals surface area contributed by atoms with E-state index in [-0.39, 0.29) is 23.2 Å². The normalized spacial score (nSPS) is 11.2. The number of aromatic nitrogens is 1. The number of H-pyrrole nitrogens is 1. The van der Waals surface area contributed by atoms with E-state index < -0.39 is 5.54 Å². The highest BCUT2D eigenvalue weighted by atomic mass is 35.5. The quantitative estimate of drug-likeness (QED) is 0.805. The molecule has 0 aromatic carbocycles. The summed E-state index contributed by atoms with van der Waals surface area (Å²) in [7, 11) is 0. The SMILES string of the molecule is CCC(CCl)(CCl)NC(=O)c1ccc(=O)[nH]c1. The molecule has 0 aliphatic carbocycles. The molecule has 6 heteroatoms. The summed E-state index contributed by atoms with van der Waals surface area (Å²) in [5.41, 5.74) is -0.494. The van der Waals surface area contributed by atoms with Crippen LogP contribution in [0.25, 0.3) is 0 Å². The van der Waals surface area contributed by atoms with Crippen LogP contribution in [0.4, 0.5) is 0 Å². The van der Waals surface area contributed by atoms with Crippen LogP contribution < -0.4 is 10.9 Å². The summed E-state index contributed by atoms with van der Waals surface area (Å²) in [5, 5.41) is 2.79. The lowest BCUT2D eigenvalue weighted by molar-refractivity contribution is 0.0913. The minimum absolute atomic E-state index is 0.238. The van der Waals surface area contributed by atoms with Crippen molar-refractivity contribution in [1.82, 2.24) is 10.3 Å². The number of pyridine rings is 1.